The monoisotopic (exact) mass is 1600 g/mol. The van der Waals surface area contributed by atoms with Crippen molar-refractivity contribution in [2.45, 2.75) is 520 Å². The zero-order valence-corrected chi connectivity index (χ0v) is 78.1. The van der Waals surface area contributed by atoms with Gasteiger partial charge < -0.3 is 0 Å². The Balaban J connectivity index is 0.0000000852. The number of rotatable bonds is 0. The van der Waals surface area contributed by atoms with Gasteiger partial charge in [-0.05, 0) is 361 Å². The Morgan fingerprint density at radius 3 is 0.462 bits per heavy atom. The summed E-state index contributed by atoms with van der Waals surface area (Å²) in [5.41, 5.74) is 0. The lowest BCUT2D eigenvalue weighted by Crippen LogP contribution is -2.31. The maximum absolute atomic E-state index is 1.64. The predicted octanol–water partition coefficient (Wildman–Crippen LogP) is 36.0. The SMILES string of the molecule is C1CC2C3C1C23.C1CC2C3CCC(C3)C2C1.C1CC2CC1C1C3CCC(C3)C21.C1CC2CC1C1CC21.C1CC2CC1C1CCC21.C1CC2CCC1CC2.C1CC2CCCC(C1)CC2.C1CC2CCCC(C1)CCC2.C1CCC2CCC(C1)CC2.C1CCC2CCCC(C1)C2.C1CCC2CCCC(C1)CC2.C1CCC2CCCC(C1)CCC2. The van der Waals surface area contributed by atoms with Crippen molar-refractivity contribution in [2.24, 2.45) is 213 Å². The van der Waals surface area contributed by atoms with Gasteiger partial charge in [0.15, 0.2) is 0 Å². The van der Waals surface area contributed by atoms with E-state index in [4.69, 9.17) is 0 Å². The minimum Gasteiger partial charge on any atom is -0.0530 e. The van der Waals surface area contributed by atoms with Crippen molar-refractivity contribution < 1.29 is 0 Å². The van der Waals surface area contributed by atoms with E-state index in [1.165, 1.54) is 239 Å². The summed E-state index contributed by atoms with van der Waals surface area (Å²) in [6.45, 7) is 0. The first-order valence-corrected chi connectivity index (χ1v) is 57.9. The van der Waals surface area contributed by atoms with Crippen LogP contribution in [0.1, 0.15) is 520 Å². The Labute approximate surface area is 728 Å². The molecule has 0 heterocycles. The van der Waals surface area contributed by atoms with Gasteiger partial charge in [0, 0.05) is 0 Å². The summed E-state index contributed by atoms with van der Waals surface area (Å²) in [6.07, 6.45) is 127. The van der Waals surface area contributed by atoms with Crippen LogP contribution in [0.3, 0.4) is 0 Å². The first-order chi connectivity index (χ1) is 57.9. The summed E-state index contributed by atoms with van der Waals surface area (Å²) < 4.78 is 0. The van der Waals surface area contributed by atoms with Crippen LogP contribution in [0, 0.1) is 213 Å². The van der Waals surface area contributed by atoms with Crippen LogP contribution in [0.25, 0.3) is 0 Å². The molecule has 35 fully saturated rings. The van der Waals surface area contributed by atoms with Crippen LogP contribution in [-0.4, -0.2) is 0 Å². The van der Waals surface area contributed by atoms with E-state index in [0.717, 1.165) is 82.9 Å². The number of hydrogen-bond acceptors (Lipinski definition) is 0. The third kappa shape index (κ3) is 23.0. The van der Waals surface area contributed by atoms with E-state index in [1.807, 2.05) is 0 Å². The molecular formula is C117H198. The molecule has 35 saturated carbocycles. The average Bonchev–Trinajstić information content (AvgIpc) is 1.48. The Morgan fingerprint density at radius 1 is 0.0769 bits per heavy atom. The maximum atomic E-state index is 1.64. The lowest BCUT2D eigenvalue weighted by molar-refractivity contribution is 0.103. The fourth-order valence-corrected chi connectivity index (χ4v) is 38.2. The molecule has 0 aromatic carbocycles. The quantitative estimate of drug-likeness (QED) is 0.212. The molecule has 0 saturated heterocycles. The summed E-state index contributed by atoms with van der Waals surface area (Å²) in [5.74, 6) is 42.8. The highest BCUT2D eigenvalue weighted by atomic mass is 14.8. The van der Waals surface area contributed by atoms with Crippen molar-refractivity contribution in [3.63, 3.8) is 0 Å². The molecule has 0 amide bonds. The predicted molar refractivity (Wildman–Crippen MR) is 500 cm³/mol. The minimum atomic E-state index is 1.11. The fraction of sp³-hybridized carbons (Fsp3) is 1.00. The molecule has 20 unspecified atom stereocenters. The molecule has 35 aliphatic carbocycles. The minimum absolute atomic E-state index is 1.11. The molecule has 0 aliphatic heterocycles. The molecule has 26 bridgehead atoms. The van der Waals surface area contributed by atoms with Crippen molar-refractivity contribution >= 4 is 0 Å². The van der Waals surface area contributed by atoms with Crippen molar-refractivity contribution in [1.29, 1.82) is 0 Å². The van der Waals surface area contributed by atoms with Gasteiger partial charge in [0.25, 0.3) is 0 Å². The molecule has 0 spiro atoms. The Morgan fingerprint density at radius 2 is 0.239 bits per heavy atom. The largest absolute Gasteiger partial charge is 0.0530 e. The summed E-state index contributed by atoms with van der Waals surface area (Å²) in [7, 11) is 0. The molecule has 0 aromatic heterocycles. The van der Waals surface area contributed by atoms with Crippen LogP contribution in [0.5, 0.6) is 0 Å². The van der Waals surface area contributed by atoms with Crippen LogP contribution >= 0.6 is 0 Å². The second kappa shape index (κ2) is 42.9. The van der Waals surface area contributed by atoms with Gasteiger partial charge >= 0.3 is 0 Å². The van der Waals surface area contributed by atoms with Crippen LogP contribution in [-0.2, 0) is 0 Å². The molecule has 0 nitrogen and oxygen atoms in total. The third-order valence-electron chi connectivity index (χ3n) is 45.2. The van der Waals surface area contributed by atoms with Gasteiger partial charge in [0.1, 0.15) is 0 Å². The highest BCUT2D eigenvalue weighted by Crippen LogP contribution is 2.82. The Bertz CT molecular complexity index is 2530. The van der Waals surface area contributed by atoms with Crippen LogP contribution in [0.2, 0.25) is 0 Å². The molecule has 0 heteroatoms. The molecule has 666 valence electrons. The van der Waals surface area contributed by atoms with E-state index >= 15 is 0 Å². The second-order valence-electron chi connectivity index (χ2n) is 51.5. The van der Waals surface area contributed by atoms with Gasteiger partial charge in [0.05, 0.1) is 0 Å². The topological polar surface area (TPSA) is 0 Å². The standard InChI is InChI=1S/C12H18.C12H22.2C11H20.C10H16.3C10H18.C9H14.C8H12.C8H14.C6H8/c1-2-8-5-7(1)11-9-3-4-10(6-9)12(8)11;1-2-6-12-9-3-7-11(5-1)8-4-10-12;1-4-10-6-2-7-11(5-1)9-3-8-10;1-2-5-11-7-3-6-10(4-1)8-9-11;1-2-9-7-4-5-8(6-7)10(9)3-1;1-3-9-5-2-6-10(4-1)8-7-9;1-2-5-10-7-3-6-9(4-1)8-10;1-2-4-10-7-5-9(3-1)6-8-10;1-2-7-5-6(1)8-3-4-9(7)8;1-2-6-3-5(1)7-4-8(6)7;1-2-8-5-3-7(1)4-6-8;1-2-4-5-3(1)6(4)5/h7-12H,1-6H2;11-12H,1-10H2;2*10-11H,1-9H2;7-10H,1-6H2;3*9-10H,1-8H2;6-9H,1-5H2;5-8H,1-4H2;7-8H,1-6H2;3-6H,1-2H2. The van der Waals surface area contributed by atoms with Gasteiger partial charge in [-0.25, -0.2) is 0 Å². The number of hydrogen-bond donors (Lipinski definition) is 0. The number of fused-ring (bicyclic) bond motifs is 54. The summed E-state index contributed by atoms with van der Waals surface area (Å²) >= 11 is 0. The van der Waals surface area contributed by atoms with E-state index < -0.39 is 0 Å². The van der Waals surface area contributed by atoms with Crippen LogP contribution in [0.15, 0.2) is 0 Å². The molecule has 0 N–H and O–H groups in total. The molecular weight excluding hydrogens is 1410 g/mol. The zero-order chi connectivity index (χ0) is 78.1. The van der Waals surface area contributed by atoms with E-state index in [9.17, 15) is 0 Å². The molecule has 0 aromatic rings. The van der Waals surface area contributed by atoms with E-state index in [-0.39, 0.29) is 0 Å². The van der Waals surface area contributed by atoms with Gasteiger partial charge in [-0.15, -0.1) is 0 Å². The summed E-state index contributed by atoms with van der Waals surface area (Å²) in [6, 6.07) is 0. The highest BCUT2D eigenvalue weighted by Gasteiger charge is 2.76. The second-order valence-corrected chi connectivity index (χ2v) is 51.5. The van der Waals surface area contributed by atoms with Gasteiger partial charge in [-0.3, -0.25) is 0 Å². The van der Waals surface area contributed by atoms with Gasteiger partial charge in [-0.2, -0.15) is 0 Å². The van der Waals surface area contributed by atoms with E-state index in [0.29, 0.717) is 0 Å². The van der Waals surface area contributed by atoms with Gasteiger partial charge in [0.2, 0.25) is 0 Å². The fourth-order valence-electron chi connectivity index (χ4n) is 38.2. The molecule has 35 rings (SSSR count). The van der Waals surface area contributed by atoms with Crippen molar-refractivity contribution in [1.82, 2.24) is 0 Å². The van der Waals surface area contributed by atoms with E-state index in [2.05, 4.69) is 0 Å². The summed E-state index contributed by atoms with van der Waals surface area (Å²) in [4.78, 5) is 0. The van der Waals surface area contributed by atoms with Gasteiger partial charge in [-0.1, -0.05) is 372 Å². The normalized spacial score (nSPS) is 49.8. The first-order valence-electron chi connectivity index (χ1n) is 57.9. The first kappa shape index (κ1) is 86.4. The average molecular weight is 1600 g/mol. The summed E-state index contributed by atoms with van der Waals surface area (Å²) in [5, 5.41) is 0. The molecule has 20 atom stereocenters. The highest BCUT2D eigenvalue weighted by molar-refractivity contribution is 5.24. The smallest absolute Gasteiger partial charge is 0.0318 e. The van der Waals surface area contributed by atoms with Crippen molar-refractivity contribution in [3.8, 4) is 0 Å². The van der Waals surface area contributed by atoms with Crippen molar-refractivity contribution in [3.05, 3.63) is 0 Å². The van der Waals surface area contributed by atoms with Crippen LogP contribution in [0.4, 0.5) is 0 Å². The third-order valence-corrected chi connectivity index (χ3v) is 45.2. The zero-order valence-electron chi connectivity index (χ0n) is 78.1. The maximum Gasteiger partial charge on any atom is -0.0318 e. The lowest BCUT2D eigenvalue weighted by atomic mass is 9.66. The Kier molecular flexibility index (Phi) is 31.7. The Hall–Kier alpha value is 0. The van der Waals surface area contributed by atoms with E-state index in [1.54, 1.807) is 411 Å². The van der Waals surface area contributed by atoms with Crippen molar-refractivity contribution in [2.75, 3.05) is 0 Å². The molecule has 117 heavy (non-hydrogen) atoms. The lowest BCUT2D eigenvalue weighted by Gasteiger charge is -2.40. The molecule has 35 aliphatic rings. The molecule has 0 radical (unpaired) electrons. The van der Waals surface area contributed by atoms with Crippen LogP contribution < -0.4 is 0 Å².